The Morgan fingerprint density at radius 1 is 0.875 bits per heavy atom. The molecule has 4 heteroatoms. The fourth-order valence-corrected chi connectivity index (χ4v) is 1.65. The summed E-state index contributed by atoms with van der Waals surface area (Å²) in [5.74, 6) is -2.83. The molecule has 16 heavy (non-hydrogen) atoms. The van der Waals surface area contributed by atoms with E-state index in [0.717, 1.165) is 0 Å². The molecule has 82 valence electrons. The van der Waals surface area contributed by atoms with E-state index in [4.69, 9.17) is 11.6 Å². The van der Waals surface area contributed by atoms with E-state index in [2.05, 4.69) is 0 Å². The third-order valence-corrected chi connectivity index (χ3v) is 2.36. The molecule has 0 N–H and O–H groups in total. The van der Waals surface area contributed by atoms with Crippen molar-refractivity contribution in [1.29, 1.82) is 0 Å². The molecule has 0 saturated carbocycles. The van der Waals surface area contributed by atoms with Crippen LogP contribution in [0.5, 0.6) is 0 Å². The summed E-state index contributed by atoms with van der Waals surface area (Å²) in [7, 11) is 0. The number of rotatable bonds is 1. The highest BCUT2D eigenvalue weighted by Gasteiger charge is 2.13. The normalized spacial score (nSPS) is 10.5. The Bertz CT molecular complexity index is 515. The van der Waals surface area contributed by atoms with Crippen LogP contribution in [0, 0.1) is 17.5 Å². The number of hydrogen-bond acceptors (Lipinski definition) is 0. The van der Waals surface area contributed by atoms with Gasteiger partial charge in [-0.3, -0.25) is 0 Å². The molecule has 0 aliphatic heterocycles. The lowest BCUT2D eigenvalue weighted by molar-refractivity contribution is 0.548. The maximum atomic E-state index is 13.4. The zero-order valence-electron chi connectivity index (χ0n) is 7.98. The zero-order valence-corrected chi connectivity index (χ0v) is 8.73. The maximum Gasteiger partial charge on any atom is 0.136 e. The molecule has 0 aliphatic rings. The van der Waals surface area contributed by atoms with Gasteiger partial charge in [0, 0.05) is 17.2 Å². The summed E-state index contributed by atoms with van der Waals surface area (Å²) in [5.41, 5.74) is 0.00593. The second-order valence-corrected chi connectivity index (χ2v) is 3.69. The molecule has 0 aliphatic carbocycles. The first-order valence-corrected chi connectivity index (χ1v) is 4.86. The number of benzene rings is 2. The van der Waals surface area contributed by atoms with Crippen LogP contribution < -0.4 is 0 Å². The molecule has 0 heterocycles. The van der Waals surface area contributed by atoms with Gasteiger partial charge in [-0.1, -0.05) is 23.7 Å². The van der Waals surface area contributed by atoms with E-state index in [-0.39, 0.29) is 11.1 Å². The Morgan fingerprint density at radius 3 is 2.06 bits per heavy atom. The van der Waals surface area contributed by atoms with Crippen molar-refractivity contribution in [2.45, 2.75) is 0 Å². The minimum absolute atomic E-state index is 0.274. The summed E-state index contributed by atoms with van der Waals surface area (Å²) in [6.07, 6.45) is 0. The van der Waals surface area contributed by atoms with Crippen LogP contribution in [0.4, 0.5) is 13.2 Å². The van der Waals surface area contributed by atoms with Crippen molar-refractivity contribution >= 4 is 11.6 Å². The standard InChI is InChI=1S/C12H6ClF3/c13-8-3-1-2-7(4-8)12-10(15)5-9(14)6-11(12)16/h1-6H. The van der Waals surface area contributed by atoms with Gasteiger partial charge >= 0.3 is 0 Å². The first-order valence-electron chi connectivity index (χ1n) is 4.48. The molecular formula is C12H6ClF3. The molecule has 0 saturated heterocycles. The summed E-state index contributed by atoms with van der Waals surface area (Å²) < 4.78 is 39.5. The molecular weight excluding hydrogens is 237 g/mol. The summed E-state index contributed by atoms with van der Waals surface area (Å²) in [6, 6.07) is 7.36. The van der Waals surface area contributed by atoms with Crippen LogP contribution in [-0.4, -0.2) is 0 Å². The summed E-state index contributed by atoms with van der Waals surface area (Å²) in [6.45, 7) is 0. The van der Waals surface area contributed by atoms with Crippen LogP contribution in [-0.2, 0) is 0 Å². The monoisotopic (exact) mass is 242 g/mol. The Labute approximate surface area is 95.3 Å². The molecule has 2 aromatic carbocycles. The van der Waals surface area contributed by atoms with Gasteiger partial charge in [-0.05, 0) is 17.7 Å². The number of halogens is 4. The highest BCUT2D eigenvalue weighted by atomic mass is 35.5. The van der Waals surface area contributed by atoms with E-state index >= 15 is 0 Å². The van der Waals surface area contributed by atoms with E-state index in [0.29, 0.717) is 17.2 Å². The van der Waals surface area contributed by atoms with Gasteiger partial charge in [-0.25, -0.2) is 13.2 Å². The quantitative estimate of drug-likeness (QED) is 0.694. The maximum absolute atomic E-state index is 13.4. The van der Waals surface area contributed by atoms with Gasteiger partial charge in [0.2, 0.25) is 0 Å². The fraction of sp³-hybridized carbons (Fsp3) is 0. The Kier molecular flexibility index (Phi) is 2.88. The van der Waals surface area contributed by atoms with E-state index in [9.17, 15) is 13.2 Å². The van der Waals surface area contributed by atoms with Crippen LogP contribution in [0.2, 0.25) is 5.02 Å². The molecule has 0 spiro atoms. The molecule has 0 bridgehead atoms. The predicted molar refractivity (Wildman–Crippen MR) is 56.8 cm³/mol. The van der Waals surface area contributed by atoms with E-state index in [1.165, 1.54) is 12.1 Å². The lowest BCUT2D eigenvalue weighted by Gasteiger charge is -2.05. The van der Waals surface area contributed by atoms with Crippen LogP contribution in [0.1, 0.15) is 0 Å². The SMILES string of the molecule is Fc1cc(F)c(-c2cccc(Cl)c2)c(F)c1. The molecule has 0 fully saturated rings. The topological polar surface area (TPSA) is 0 Å². The zero-order chi connectivity index (χ0) is 11.7. The van der Waals surface area contributed by atoms with Gasteiger partial charge in [0.05, 0.1) is 5.56 Å². The third-order valence-electron chi connectivity index (χ3n) is 2.12. The van der Waals surface area contributed by atoms with Crippen molar-refractivity contribution in [2.24, 2.45) is 0 Å². The molecule has 2 rings (SSSR count). The van der Waals surface area contributed by atoms with Crippen LogP contribution >= 0.6 is 11.6 Å². The van der Waals surface area contributed by atoms with Crippen molar-refractivity contribution in [3.63, 3.8) is 0 Å². The predicted octanol–water partition coefficient (Wildman–Crippen LogP) is 4.42. The minimum atomic E-state index is -0.945. The molecule has 0 unspecified atom stereocenters. The largest absolute Gasteiger partial charge is 0.207 e. The van der Waals surface area contributed by atoms with Crippen molar-refractivity contribution in [3.05, 3.63) is 58.9 Å². The van der Waals surface area contributed by atoms with Gasteiger partial charge in [-0.2, -0.15) is 0 Å². The second kappa shape index (κ2) is 4.18. The Balaban J connectivity index is 2.64. The minimum Gasteiger partial charge on any atom is -0.207 e. The first-order chi connectivity index (χ1) is 7.58. The number of hydrogen-bond donors (Lipinski definition) is 0. The van der Waals surface area contributed by atoms with Gasteiger partial charge in [0.25, 0.3) is 0 Å². The summed E-state index contributed by atoms with van der Waals surface area (Å²) >= 11 is 5.71. The highest BCUT2D eigenvalue weighted by molar-refractivity contribution is 6.30. The molecule has 2 aromatic rings. The first kappa shape index (κ1) is 11.0. The van der Waals surface area contributed by atoms with Crippen LogP contribution in [0.25, 0.3) is 11.1 Å². The smallest absolute Gasteiger partial charge is 0.136 e. The van der Waals surface area contributed by atoms with Crippen LogP contribution in [0.3, 0.4) is 0 Å². The fourth-order valence-electron chi connectivity index (χ4n) is 1.46. The van der Waals surface area contributed by atoms with Crippen molar-refractivity contribution in [1.82, 2.24) is 0 Å². The van der Waals surface area contributed by atoms with Crippen LogP contribution in [0.15, 0.2) is 36.4 Å². The lowest BCUT2D eigenvalue weighted by atomic mass is 10.0. The second-order valence-electron chi connectivity index (χ2n) is 3.25. The average Bonchev–Trinajstić information content (AvgIpc) is 2.15. The molecule has 0 amide bonds. The van der Waals surface area contributed by atoms with Gasteiger partial charge in [0.1, 0.15) is 17.5 Å². The van der Waals surface area contributed by atoms with Gasteiger partial charge in [-0.15, -0.1) is 0 Å². The van der Waals surface area contributed by atoms with Crippen molar-refractivity contribution in [2.75, 3.05) is 0 Å². The molecule has 0 atom stereocenters. The molecule has 0 nitrogen and oxygen atoms in total. The average molecular weight is 243 g/mol. The third kappa shape index (κ3) is 2.04. The van der Waals surface area contributed by atoms with Crippen molar-refractivity contribution < 1.29 is 13.2 Å². The highest BCUT2D eigenvalue weighted by Crippen LogP contribution is 2.28. The summed E-state index contributed by atoms with van der Waals surface area (Å²) in [5, 5.41) is 0.362. The molecule has 0 aromatic heterocycles. The van der Waals surface area contributed by atoms with E-state index in [1.807, 2.05) is 0 Å². The van der Waals surface area contributed by atoms with E-state index in [1.54, 1.807) is 12.1 Å². The van der Waals surface area contributed by atoms with Gasteiger partial charge in [0.15, 0.2) is 0 Å². The lowest BCUT2D eigenvalue weighted by Crippen LogP contribution is -1.92. The summed E-state index contributed by atoms with van der Waals surface area (Å²) in [4.78, 5) is 0. The van der Waals surface area contributed by atoms with E-state index < -0.39 is 17.5 Å². The van der Waals surface area contributed by atoms with Crippen molar-refractivity contribution in [3.8, 4) is 11.1 Å². The molecule has 0 radical (unpaired) electrons. The van der Waals surface area contributed by atoms with Gasteiger partial charge < -0.3 is 0 Å². The Hall–Kier alpha value is -1.48. The Morgan fingerprint density at radius 2 is 1.50 bits per heavy atom.